The second-order valence-electron chi connectivity index (χ2n) is 8.74. The van der Waals surface area contributed by atoms with Crippen molar-refractivity contribution in [3.05, 3.63) is 77.4 Å². The van der Waals surface area contributed by atoms with E-state index in [9.17, 15) is 0 Å². The van der Waals surface area contributed by atoms with E-state index in [0.29, 0.717) is 0 Å². The van der Waals surface area contributed by atoms with Crippen LogP contribution in [0, 0.1) is 11.8 Å². The maximum Gasteiger partial charge on any atom is 0.119 e. The smallest absolute Gasteiger partial charge is 0.119 e. The maximum absolute atomic E-state index is 5.95. The fourth-order valence-corrected chi connectivity index (χ4v) is 3.94. The molecular weight excluding hydrogens is 388 g/mol. The molecule has 1 heteroatoms. The molecule has 168 valence electrons. The Bertz CT molecular complexity index is 1000. The predicted molar refractivity (Wildman–Crippen MR) is 138 cm³/mol. The summed E-state index contributed by atoms with van der Waals surface area (Å²) in [6.07, 6.45) is 12.7. The molecule has 0 amide bonds. The van der Waals surface area contributed by atoms with E-state index in [-0.39, 0.29) is 0 Å². The fourth-order valence-electron chi connectivity index (χ4n) is 3.94. The summed E-state index contributed by atoms with van der Waals surface area (Å²) in [5, 5.41) is 2.40. The van der Waals surface area contributed by atoms with Gasteiger partial charge in [0.1, 0.15) is 5.75 Å². The monoisotopic (exact) mass is 426 g/mol. The Hall–Kier alpha value is -2.72. The second kappa shape index (κ2) is 13.6. The zero-order chi connectivity index (χ0) is 22.4. The number of hydrogen-bond acceptors (Lipinski definition) is 1. The van der Waals surface area contributed by atoms with Crippen molar-refractivity contribution in [3.63, 3.8) is 0 Å². The number of ether oxygens (including phenoxy) is 1. The molecule has 0 bridgehead atoms. The number of fused-ring (bicyclic) bond motifs is 1. The topological polar surface area (TPSA) is 9.23 Å². The lowest BCUT2D eigenvalue weighted by Crippen LogP contribution is -1.97. The van der Waals surface area contributed by atoms with E-state index in [2.05, 4.69) is 86.4 Å². The highest BCUT2D eigenvalue weighted by molar-refractivity contribution is 5.85. The van der Waals surface area contributed by atoms with Gasteiger partial charge in [-0.25, -0.2) is 0 Å². The lowest BCUT2D eigenvalue weighted by molar-refractivity contribution is 0.305. The molecule has 32 heavy (non-hydrogen) atoms. The van der Waals surface area contributed by atoms with Crippen molar-refractivity contribution in [3.8, 4) is 17.6 Å². The van der Waals surface area contributed by atoms with Crippen LogP contribution in [0.15, 0.2) is 60.7 Å². The Morgan fingerprint density at radius 3 is 2.00 bits per heavy atom. The summed E-state index contributed by atoms with van der Waals surface area (Å²) in [5.74, 6) is 7.60. The van der Waals surface area contributed by atoms with E-state index in [4.69, 9.17) is 4.74 Å². The first-order valence-corrected chi connectivity index (χ1v) is 12.6. The summed E-state index contributed by atoms with van der Waals surface area (Å²) in [6, 6.07) is 21.5. The number of benzene rings is 3. The van der Waals surface area contributed by atoms with Gasteiger partial charge < -0.3 is 4.74 Å². The molecule has 0 saturated carbocycles. The van der Waals surface area contributed by atoms with Crippen LogP contribution in [-0.2, 0) is 6.42 Å². The highest BCUT2D eigenvalue weighted by atomic mass is 16.5. The molecule has 0 unspecified atom stereocenters. The molecule has 0 spiro atoms. The summed E-state index contributed by atoms with van der Waals surface area (Å²) in [4.78, 5) is 0. The minimum Gasteiger partial charge on any atom is -0.494 e. The minimum absolute atomic E-state index is 0.802. The van der Waals surface area contributed by atoms with Crippen LogP contribution < -0.4 is 4.74 Å². The van der Waals surface area contributed by atoms with Crippen molar-refractivity contribution in [2.24, 2.45) is 0 Å². The molecule has 0 aliphatic heterocycles. The van der Waals surface area contributed by atoms with E-state index in [0.717, 1.165) is 29.9 Å². The normalized spacial score (nSPS) is 10.7. The third-order valence-corrected chi connectivity index (χ3v) is 5.95. The predicted octanol–water partition coefficient (Wildman–Crippen LogP) is 8.71. The van der Waals surface area contributed by atoms with Gasteiger partial charge in [-0.2, -0.15) is 0 Å². The third-order valence-electron chi connectivity index (χ3n) is 5.95. The zero-order valence-electron chi connectivity index (χ0n) is 20.0. The first kappa shape index (κ1) is 23.9. The molecule has 0 atom stereocenters. The van der Waals surface area contributed by atoms with Crippen molar-refractivity contribution in [2.75, 3.05) is 6.61 Å². The van der Waals surface area contributed by atoms with E-state index in [1.54, 1.807) is 0 Å². The molecule has 3 aromatic carbocycles. The van der Waals surface area contributed by atoms with Crippen molar-refractivity contribution in [2.45, 2.75) is 78.1 Å². The number of hydrogen-bond donors (Lipinski definition) is 0. The van der Waals surface area contributed by atoms with E-state index in [1.165, 1.54) is 74.1 Å². The molecule has 0 aliphatic carbocycles. The SMILES string of the molecule is CCCCCCCOc1ccc2cc(C#Cc3ccc(CCCCCC)cc3)ccc2c1. The van der Waals surface area contributed by atoms with Crippen LogP contribution >= 0.6 is 0 Å². The summed E-state index contributed by atoms with van der Waals surface area (Å²) in [6.45, 7) is 5.30. The minimum atomic E-state index is 0.802. The first-order chi connectivity index (χ1) is 15.8. The molecule has 0 radical (unpaired) electrons. The number of unbranched alkanes of at least 4 members (excludes halogenated alkanes) is 7. The lowest BCUT2D eigenvalue weighted by Gasteiger charge is -2.07. The fraction of sp³-hybridized carbons (Fsp3) is 0.419. The summed E-state index contributed by atoms with van der Waals surface area (Å²) in [5.41, 5.74) is 3.53. The first-order valence-electron chi connectivity index (χ1n) is 12.6. The Kier molecular flexibility index (Phi) is 10.2. The van der Waals surface area contributed by atoms with Gasteiger partial charge in [-0.3, -0.25) is 0 Å². The average molecular weight is 427 g/mol. The van der Waals surface area contributed by atoms with Crippen molar-refractivity contribution in [1.82, 2.24) is 0 Å². The van der Waals surface area contributed by atoms with Gasteiger partial charge in [-0.15, -0.1) is 0 Å². The molecule has 0 aromatic heterocycles. The van der Waals surface area contributed by atoms with E-state index >= 15 is 0 Å². The summed E-state index contributed by atoms with van der Waals surface area (Å²) < 4.78 is 5.95. The largest absolute Gasteiger partial charge is 0.494 e. The van der Waals surface area contributed by atoms with Crippen LogP contribution in [-0.4, -0.2) is 6.61 Å². The molecule has 3 aromatic rings. The molecule has 0 saturated heterocycles. The van der Waals surface area contributed by atoms with E-state index < -0.39 is 0 Å². The Morgan fingerprint density at radius 2 is 1.22 bits per heavy atom. The van der Waals surface area contributed by atoms with Gasteiger partial charge in [0.25, 0.3) is 0 Å². The van der Waals surface area contributed by atoms with Gasteiger partial charge in [0.15, 0.2) is 0 Å². The molecule has 0 heterocycles. The van der Waals surface area contributed by atoms with Crippen molar-refractivity contribution in [1.29, 1.82) is 0 Å². The van der Waals surface area contributed by atoms with Crippen molar-refractivity contribution < 1.29 is 4.74 Å². The van der Waals surface area contributed by atoms with Crippen LogP contribution in [0.2, 0.25) is 0 Å². The van der Waals surface area contributed by atoms with Gasteiger partial charge >= 0.3 is 0 Å². The summed E-state index contributed by atoms with van der Waals surface area (Å²) in [7, 11) is 0. The number of rotatable bonds is 12. The van der Waals surface area contributed by atoms with Gasteiger partial charge in [-0.05, 0) is 72.0 Å². The second-order valence-corrected chi connectivity index (χ2v) is 8.74. The highest BCUT2D eigenvalue weighted by Crippen LogP contribution is 2.22. The quantitative estimate of drug-likeness (QED) is 0.208. The molecule has 1 nitrogen and oxygen atoms in total. The number of aryl methyl sites for hydroxylation is 1. The van der Waals surface area contributed by atoms with Gasteiger partial charge in [0, 0.05) is 11.1 Å². The molecule has 3 rings (SSSR count). The van der Waals surface area contributed by atoms with Gasteiger partial charge in [0.2, 0.25) is 0 Å². The van der Waals surface area contributed by atoms with Gasteiger partial charge in [-0.1, -0.05) is 94.9 Å². The Labute approximate surface area is 195 Å². The van der Waals surface area contributed by atoms with E-state index in [1.807, 2.05) is 0 Å². The molecule has 0 fully saturated rings. The standard InChI is InChI=1S/C31H38O/c1-3-5-7-9-11-23-32-31-22-21-29-24-28(19-20-30(29)25-31)18-17-27-15-13-26(14-16-27)12-10-8-6-4-2/h13-16,19-22,24-25H,3-12,23H2,1-2H3. The molecular formula is C31H38O. The maximum atomic E-state index is 5.95. The average Bonchev–Trinajstić information content (AvgIpc) is 2.83. The Balaban J connectivity index is 1.54. The van der Waals surface area contributed by atoms with Gasteiger partial charge in [0.05, 0.1) is 6.61 Å². The van der Waals surface area contributed by atoms with Crippen LogP contribution in [0.1, 0.15) is 88.3 Å². The van der Waals surface area contributed by atoms with Crippen LogP contribution in [0.25, 0.3) is 10.8 Å². The van der Waals surface area contributed by atoms with Crippen LogP contribution in [0.3, 0.4) is 0 Å². The van der Waals surface area contributed by atoms with Crippen LogP contribution in [0.5, 0.6) is 5.75 Å². The highest BCUT2D eigenvalue weighted by Gasteiger charge is 2.00. The molecule has 0 aliphatic rings. The molecule has 0 N–H and O–H groups in total. The summed E-state index contributed by atoms with van der Waals surface area (Å²) >= 11 is 0. The lowest BCUT2D eigenvalue weighted by atomic mass is 10.0. The Morgan fingerprint density at radius 1 is 0.594 bits per heavy atom. The van der Waals surface area contributed by atoms with Crippen LogP contribution in [0.4, 0.5) is 0 Å². The zero-order valence-corrected chi connectivity index (χ0v) is 20.0. The third kappa shape index (κ3) is 8.08. The van der Waals surface area contributed by atoms with Crippen molar-refractivity contribution >= 4 is 10.8 Å².